The van der Waals surface area contributed by atoms with Crippen LogP contribution in [-0.4, -0.2) is 66.1 Å². The maximum Gasteiger partial charge on any atom is 0.408 e. The van der Waals surface area contributed by atoms with Crippen LogP contribution < -0.4 is 5.32 Å². The van der Waals surface area contributed by atoms with Crippen molar-refractivity contribution in [3.8, 4) is 17.1 Å². The summed E-state index contributed by atoms with van der Waals surface area (Å²) in [5, 5.41) is 25.4. The van der Waals surface area contributed by atoms with Crippen LogP contribution in [0.2, 0.25) is 0 Å². The minimum absolute atomic E-state index is 0.00764. The summed E-state index contributed by atoms with van der Waals surface area (Å²) in [5.74, 6) is 0.473. The number of nitrogens with zero attached hydrogens (tertiary/aromatic N) is 6. The number of halogens is 3. The van der Waals surface area contributed by atoms with Crippen LogP contribution in [0.15, 0.2) is 36.5 Å². The second kappa shape index (κ2) is 9.57. The van der Waals surface area contributed by atoms with E-state index >= 15 is 0 Å². The summed E-state index contributed by atoms with van der Waals surface area (Å²) in [4.78, 5) is 24.3. The molecule has 202 valence electrons. The van der Waals surface area contributed by atoms with Gasteiger partial charge in [0, 0.05) is 48.2 Å². The fraction of sp³-hybridized carbons (Fsp3) is 0.269. The topological polar surface area (TPSA) is 125 Å². The fourth-order valence-corrected chi connectivity index (χ4v) is 4.47. The number of nitrogens with one attached hydrogen (secondary N) is 2. The van der Waals surface area contributed by atoms with Crippen molar-refractivity contribution in [3.63, 3.8) is 0 Å². The summed E-state index contributed by atoms with van der Waals surface area (Å²) >= 11 is 0. The number of aromatic amines is 1. The lowest BCUT2D eigenvalue weighted by molar-refractivity contribution is -0.142. The first-order valence-electron chi connectivity index (χ1n) is 12.0. The molecule has 3 aromatic heterocycles. The molecule has 39 heavy (non-hydrogen) atoms. The van der Waals surface area contributed by atoms with Crippen LogP contribution in [0, 0.1) is 13.8 Å². The van der Waals surface area contributed by atoms with Crippen LogP contribution in [0.4, 0.5) is 19.0 Å². The number of fused-ring (bicyclic) bond motifs is 2. The highest BCUT2D eigenvalue weighted by Crippen LogP contribution is 2.32. The first-order chi connectivity index (χ1) is 18.4. The Hall–Kier alpha value is -4.68. The molecule has 13 heteroatoms. The molecule has 2 aromatic carbocycles. The molecule has 0 fully saturated rings. The summed E-state index contributed by atoms with van der Waals surface area (Å²) in [5.41, 5.74) is 3.56. The number of aromatic hydroxyl groups is 1. The van der Waals surface area contributed by atoms with Crippen molar-refractivity contribution in [3.05, 3.63) is 59.0 Å². The highest BCUT2D eigenvalue weighted by molar-refractivity contribution is 6.05. The molecule has 0 saturated heterocycles. The number of H-pyrrole nitrogens is 1. The molecule has 0 aliphatic heterocycles. The van der Waals surface area contributed by atoms with Crippen LogP contribution in [0.1, 0.15) is 27.3 Å². The number of alkyl halides is 3. The van der Waals surface area contributed by atoms with Crippen LogP contribution >= 0.6 is 0 Å². The van der Waals surface area contributed by atoms with Gasteiger partial charge in [-0.15, -0.1) is 0 Å². The Morgan fingerprint density at radius 3 is 2.62 bits per heavy atom. The van der Waals surface area contributed by atoms with E-state index in [2.05, 4.69) is 30.6 Å². The molecule has 3 N–H and O–H groups in total. The van der Waals surface area contributed by atoms with Gasteiger partial charge in [-0.1, -0.05) is 0 Å². The number of carbonyl (C=O) groups excluding carboxylic acids is 1. The second-order valence-electron chi connectivity index (χ2n) is 9.32. The number of aromatic nitrogens is 6. The maximum absolute atomic E-state index is 13.7. The Morgan fingerprint density at radius 1 is 1.13 bits per heavy atom. The molecule has 1 amide bonds. The third kappa shape index (κ3) is 4.94. The predicted octanol–water partition coefficient (Wildman–Crippen LogP) is 4.57. The molecular weight excluding hydrogens is 513 g/mol. The number of anilines is 1. The minimum atomic E-state index is -4.42. The number of phenolic OH excluding ortho intramolecular Hbond substituents is 1. The molecule has 0 saturated carbocycles. The molecular formula is C26H25F3N8O2. The van der Waals surface area contributed by atoms with Crippen molar-refractivity contribution < 1.29 is 23.1 Å². The van der Waals surface area contributed by atoms with Crippen molar-refractivity contribution in [1.82, 2.24) is 34.8 Å². The fourth-order valence-electron chi connectivity index (χ4n) is 4.47. The number of hydrogen-bond donors (Lipinski definition) is 3. The van der Waals surface area contributed by atoms with E-state index < -0.39 is 18.6 Å². The van der Waals surface area contributed by atoms with E-state index in [4.69, 9.17) is 0 Å². The molecule has 5 aromatic rings. The van der Waals surface area contributed by atoms with Crippen LogP contribution in [0.5, 0.6) is 5.75 Å². The second-order valence-corrected chi connectivity index (χ2v) is 9.32. The van der Waals surface area contributed by atoms with Crippen molar-refractivity contribution in [2.45, 2.75) is 33.1 Å². The number of hydrogen-bond acceptors (Lipinski definition) is 7. The SMILES string of the molecule is CNc1[nH]nc2cc(C)c(-c3nc(C(=O)N(C)Cc4cnn(CC(F)(F)F)c4C)c4cc(O)ccc4n3)cc12. The number of aryl methyl sites for hydroxylation is 1. The van der Waals surface area contributed by atoms with Crippen molar-refractivity contribution in [1.29, 1.82) is 0 Å². The minimum Gasteiger partial charge on any atom is -0.508 e. The van der Waals surface area contributed by atoms with Gasteiger partial charge in [0.1, 0.15) is 23.8 Å². The van der Waals surface area contributed by atoms with Crippen LogP contribution in [0.3, 0.4) is 0 Å². The van der Waals surface area contributed by atoms with E-state index in [0.29, 0.717) is 33.5 Å². The molecule has 0 spiro atoms. The molecule has 0 bridgehead atoms. The smallest absolute Gasteiger partial charge is 0.408 e. The van der Waals surface area contributed by atoms with E-state index in [1.54, 1.807) is 13.1 Å². The maximum atomic E-state index is 13.7. The van der Waals surface area contributed by atoms with E-state index in [1.807, 2.05) is 19.1 Å². The zero-order valence-electron chi connectivity index (χ0n) is 21.6. The highest BCUT2D eigenvalue weighted by atomic mass is 19.4. The van der Waals surface area contributed by atoms with Gasteiger partial charge in [-0.3, -0.25) is 14.6 Å². The first-order valence-corrected chi connectivity index (χ1v) is 12.0. The zero-order chi connectivity index (χ0) is 28.1. The predicted molar refractivity (Wildman–Crippen MR) is 139 cm³/mol. The lowest BCUT2D eigenvalue weighted by Gasteiger charge is -2.18. The Kier molecular flexibility index (Phi) is 6.36. The van der Waals surface area contributed by atoms with Gasteiger partial charge in [0.05, 0.1) is 17.2 Å². The van der Waals surface area contributed by atoms with E-state index in [-0.39, 0.29) is 18.0 Å². The zero-order valence-corrected chi connectivity index (χ0v) is 21.6. The standard InChI is InChI=1S/C26H25F3N8O2/c1-13-7-21-19(23(30-3)35-34-21)9-17(13)24-32-20-6-5-16(38)8-18(20)22(33-24)25(39)36(4)11-15-10-31-37(14(15)2)12-26(27,28)29/h5-10,38H,11-12H2,1-4H3,(H2,30,34,35). The van der Waals surface area contributed by atoms with Gasteiger partial charge in [0.2, 0.25) is 0 Å². The third-order valence-electron chi connectivity index (χ3n) is 6.56. The summed E-state index contributed by atoms with van der Waals surface area (Å²) in [6, 6.07) is 8.26. The summed E-state index contributed by atoms with van der Waals surface area (Å²) < 4.78 is 39.5. The van der Waals surface area contributed by atoms with Gasteiger partial charge < -0.3 is 15.3 Å². The van der Waals surface area contributed by atoms with Gasteiger partial charge in [0.25, 0.3) is 5.91 Å². The Balaban J connectivity index is 1.56. The Bertz CT molecular complexity index is 1720. The Morgan fingerprint density at radius 2 is 1.90 bits per heavy atom. The molecule has 0 unspecified atom stereocenters. The molecule has 0 aliphatic carbocycles. The van der Waals surface area contributed by atoms with Crippen molar-refractivity contribution in [2.75, 3.05) is 19.4 Å². The largest absolute Gasteiger partial charge is 0.508 e. The molecule has 5 rings (SSSR count). The van der Waals surface area contributed by atoms with Gasteiger partial charge in [-0.05, 0) is 49.7 Å². The van der Waals surface area contributed by atoms with Crippen LogP contribution in [-0.2, 0) is 13.1 Å². The number of rotatable bonds is 6. The summed E-state index contributed by atoms with van der Waals surface area (Å²) in [6.45, 7) is 2.21. The first kappa shape index (κ1) is 25.9. The molecule has 0 radical (unpaired) electrons. The quantitative estimate of drug-likeness (QED) is 0.289. The average molecular weight is 539 g/mol. The monoisotopic (exact) mass is 538 g/mol. The molecule has 10 nitrogen and oxygen atoms in total. The number of benzene rings is 2. The van der Waals surface area contributed by atoms with E-state index in [0.717, 1.165) is 27.0 Å². The van der Waals surface area contributed by atoms with E-state index in [1.165, 1.54) is 37.2 Å². The summed E-state index contributed by atoms with van der Waals surface area (Å²) in [6.07, 6.45) is -3.09. The van der Waals surface area contributed by atoms with Gasteiger partial charge >= 0.3 is 6.18 Å². The lowest BCUT2D eigenvalue weighted by Crippen LogP contribution is -2.28. The van der Waals surface area contributed by atoms with Crippen LogP contribution in [0.25, 0.3) is 33.2 Å². The molecule has 0 atom stereocenters. The van der Waals surface area contributed by atoms with E-state index in [9.17, 15) is 23.1 Å². The number of phenols is 1. The number of amides is 1. The normalized spacial score (nSPS) is 11.9. The molecule has 0 aliphatic rings. The van der Waals surface area contributed by atoms with Crippen molar-refractivity contribution >= 4 is 33.5 Å². The third-order valence-corrected chi connectivity index (χ3v) is 6.56. The average Bonchev–Trinajstić information content (AvgIpc) is 3.43. The highest BCUT2D eigenvalue weighted by Gasteiger charge is 2.30. The summed E-state index contributed by atoms with van der Waals surface area (Å²) in [7, 11) is 3.30. The van der Waals surface area contributed by atoms with Gasteiger partial charge in [-0.25, -0.2) is 9.97 Å². The van der Waals surface area contributed by atoms with Gasteiger partial charge in [0.15, 0.2) is 5.82 Å². The number of carbonyl (C=O) groups is 1. The molecule has 3 heterocycles. The van der Waals surface area contributed by atoms with Crippen molar-refractivity contribution in [2.24, 2.45) is 0 Å². The lowest BCUT2D eigenvalue weighted by atomic mass is 10.0. The Labute approximate surface area is 220 Å². The van der Waals surface area contributed by atoms with Gasteiger partial charge in [-0.2, -0.15) is 23.4 Å².